The van der Waals surface area contributed by atoms with Gasteiger partial charge in [-0.1, -0.05) is 37.6 Å². The average Bonchev–Trinajstić information content (AvgIpc) is 3.48. The lowest BCUT2D eigenvalue weighted by Gasteiger charge is -2.29. The van der Waals surface area contributed by atoms with Crippen molar-refractivity contribution in [1.82, 2.24) is 0 Å². The quantitative estimate of drug-likeness (QED) is 0.173. The van der Waals surface area contributed by atoms with E-state index in [0.29, 0.717) is 37.7 Å². The van der Waals surface area contributed by atoms with Gasteiger partial charge < -0.3 is 18.9 Å². The number of epoxide rings is 1. The minimum Gasteiger partial charge on any atom is -0.466 e. The van der Waals surface area contributed by atoms with Crippen LogP contribution in [-0.2, 0) is 33.3 Å². The minimum absolute atomic E-state index is 0.00616. The molecule has 0 bridgehead atoms. The van der Waals surface area contributed by atoms with Crippen LogP contribution in [-0.4, -0.2) is 49.4 Å². The van der Waals surface area contributed by atoms with Crippen LogP contribution in [0.4, 0.5) is 0 Å². The Bertz CT molecular complexity index is 820. The van der Waals surface area contributed by atoms with Gasteiger partial charge in [0.15, 0.2) is 5.60 Å². The smallest absolute Gasteiger partial charge is 0.333 e. The fourth-order valence-electron chi connectivity index (χ4n) is 4.03. The highest BCUT2D eigenvalue weighted by Crippen LogP contribution is 2.48. The molecular formula is C26H38O7. The summed E-state index contributed by atoms with van der Waals surface area (Å²) in [4.78, 5) is 37.2. The van der Waals surface area contributed by atoms with Crippen LogP contribution in [0.5, 0.6) is 0 Å². The summed E-state index contributed by atoms with van der Waals surface area (Å²) in [6.07, 6.45) is 5.04. The van der Waals surface area contributed by atoms with Gasteiger partial charge in [-0.15, -0.1) is 0 Å². The molecule has 7 heteroatoms. The number of carbonyl (C=O) groups excluding carboxylic acids is 3. The van der Waals surface area contributed by atoms with Gasteiger partial charge in [-0.2, -0.15) is 0 Å². The maximum absolute atomic E-state index is 12.6. The fraction of sp³-hybridized carbons (Fsp3) is 0.654. The van der Waals surface area contributed by atoms with Gasteiger partial charge in [-0.05, 0) is 58.8 Å². The van der Waals surface area contributed by atoms with Crippen molar-refractivity contribution < 1.29 is 33.3 Å². The number of rotatable bonds is 8. The van der Waals surface area contributed by atoms with Crippen LogP contribution < -0.4 is 0 Å². The van der Waals surface area contributed by atoms with E-state index >= 15 is 0 Å². The molecule has 0 aromatic rings. The molecule has 5 unspecified atom stereocenters. The van der Waals surface area contributed by atoms with Crippen LogP contribution in [0, 0.1) is 11.8 Å². The highest BCUT2D eigenvalue weighted by molar-refractivity contribution is 5.88. The second-order valence-corrected chi connectivity index (χ2v) is 9.40. The maximum Gasteiger partial charge on any atom is 0.333 e. The van der Waals surface area contributed by atoms with Crippen molar-refractivity contribution in [3.8, 4) is 0 Å². The molecule has 0 saturated carbocycles. The number of hydrogen-bond donors (Lipinski definition) is 0. The molecule has 1 aliphatic carbocycles. The number of fused-ring (bicyclic) bond motifs is 1. The van der Waals surface area contributed by atoms with E-state index < -0.39 is 17.7 Å². The molecule has 1 aliphatic heterocycles. The molecule has 0 radical (unpaired) electrons. The molecule has 0 amide bonds. The van der Waals surface area contributed by atoms with Crippen LogP contribution in [0.1, 0.15) is 66.7 Å². The van der Waals surface area contributed by atoms with E-state index in [1.165, 1.54) is 13.2 Å². The third-order valence-electron chi connectivity index (χ3n) is 6.48. The van der Waals surface area contributed by atoms with Gasteiger partial charge in [0.1, 0.15) is 12.7 Å². The lowest BCUT2D eigenvalue weighted by Crippen LogP contribution is -2.43. The Morgan fingerprint density at radius 1 is 1.30 bits per heavy atom. The summed E-state index contributed by atoms with van der Waals surface area (Å²) in [5.41, 5.74) is 1.38. The summed E-state index contributed by atoms with van der Waals surface area (Å²) >= 11 is 0. The van der Waals surface area contributed by atoms with E-state index in [1.54, 1.807) is 0 Å². The SMILES string of the molecule is C=C(C)C1CC=C(C(=O)OC)CCC2OC2(COC(=O)C(C)CC)C(OC(=O)C=C(C)C)C1. The lowest BCUT2D eigenvalue weighted by molar-refractivity contribution is -0.156. The molecule has 0 spiro atoms. The third kappa shape index (κ3) is 7.03. The Morgan fingerprint density at radius 3 is 2.58 bits per heavy atom. The highest BCUT2D eigenvalue weighted by atomic mass is 16.7. The van der Waals surface area contributed by atoms with Gasteiger partial charge >= 0.3 is 17.9 Å². The van der Waals surface area contributed by atoms with Gasteiger partial charge in [0.25, 0.3) is 0 Å². The van der Waals surface area contributed by atoms with E-state index in [-0.39, 0.29) is 36.5 Å². The second kappa shape index (κ2) is 11.6. The van der Waals surface area contributed by atoms with Crippen molar-refractivity contribution in [3.05, 3.63) is 35.5 Å². The number of hydrogen-bond acceptors (Lipinski definition) is 7. The Hall–Kier alpha value is -2.41. The molecule has 7 nitrogen and oxygen atoms in total. The zero-order chi connectivity index (χ0) is 24.8. The van der Waals surface area contributed by atoms with E-state index in [9.17, 15) is 14.4 Å². The van der Waals surface area contributed by atoms with Crippen molar-refractivity contribution >= 4 is 17.9 Å². The molecular weight excluding hydrogens is 424 g/mol. The zero-order valence-electron chi connectivity index (χ0n) is 20.8. The van der Waals surface area contributed by atoms with E-state index in [0.717, 1.165) is 11.1 Å². The maximum atomic E-state index is 12.6. The summed E-state index contributed by atoms with van der Waals surface area (Å²) in [7, 11) is 1.36. The first kappa shape index (κ1) is 26.8. The van der Waals surface area contributed by atoms with Gasteiger partial charge in [0.2, 0.25) is 0 Å². The summed E-state index contributed by atoms with van der Waals surface area (Å²) in [6, 6.07) is 0. The number of methoxy groups -OCH3 is 1. The van der Waals surface area contributed by atoms with Gasteiger partial charge in [0, 0.05) is 11.6 Å². The molecule has 1 fully saturated rings. The molecule has 0 aromatic heterocycles. The molecule has 1 heterocycles. The summed E-state index contributed by atoms with van der Waals surface area (Å²) in [5, 5.41) is 0. The predicted octanol–water partition coefficient (Wildman–Crippen LogP) is 4.46. The van der Waals surface area contributed by atoms with Crippen LogP contribution in [0.2, 0.25) is 0 Å². The Morgan fingerprint density at radius 2 is 2.00 bits per heavy atom. The molecule has 0 N–H and O–H groups in total. The standard InChI is InChI=1S/C26H38O7/c1-8-18(6)24(28)31-15-26-21(33-26)12-11-19(25(29)30-7)9-10-20(17(4)5)14-22(26)32-23(27)13-16(2)3/h9,13,18,20-22H,4,8,10-12,14-15H2,1-3,5-7H3. The molecule has 33 heavy (non-hydrogen) atoms. The first-order chi connectivity index (χ1) is 15.5. The van der Waals surface area contributed by atoms with Gasteiger partial charge in [-0.25, -0.2) is 9.59 Å². The van der Waals surface area contributed by atoms with Crippen molar-refractivity contribution in [1.29, 1.82) is 0 Å². The largest absolute Gasteiger partial charge is 0.466 e. The van der Waals surface area contributed by atoms with Crippen molar-refractivity contribution in [2.45, 2.75) is 84.5 Å². The summed E-state index contributed by atoms with van der Waals surface area (Å²) in [5.74, 6) is -1.41. The monoisotopic (exact) mass is 462 g/mol. The Labute approximate surface area is 197 Å². The highest BCUT2D eigenvalue weighted by Gasteiger charge is 2.64. The van der Waals surface area contributed by atoms with Crippen molar-refractivity contribution in [2.24, 2.45) is 11.8 Å². The molecule has 184 valence electrons. The zero-order valence-corrected chi connectivity index (χ0v) is 20.8. The number of allylic oxidation sites excluding steroid dienone is 3. The van der Waals surface area contributed by atoms with E-state index in [1.807, 2.05) is 40.7 Å². The average molecular weight is 463 g/mol. The Kier molecular flexibility index (Phi) is 9.46. The predicted molar refractivity (Wildman–Crippen MR) is 124 cm³/mol. The van der Waals surface area contributed by atoms with Crippen LogP contribution >= 0.6 is 0 Å². The number of esters is 3. The second-order valence-electron chi connectivity index (χ2n) is 9.40. The molecule has 2 aliphatic rings. The van der Waals surface area contributed by atoms with Gasteiger partial charge in [0.05, 0.1) is 19.1 Å². The number of carbonyl (C=O) groups is 3. The molecule has 2 rings (SSSR count). The van der Waals surface area contributed by atoms with Gasteiger partial charge in [-0.3, -0.25) is 4.79 Å². The van der Waals surface area contributed by atoms with Crippen LogP contribution in [0.15, 0.2) is 35.5 Å². The van der Waals surface area contributed by atoms with Crippen molar-refractivity contribution in [3.63, 3.8) is 0 Å². The topological polar surface area (TPSA) is 91.4 Å². The molecule has 1 saturated heterocycles. The van der Waals surface area contributed by atoms with E-state index in [2.05, 4.69) is 6.58 Å². The fourth-order valence-corrected chi connectivity index (χ4v) is 4.03. The Balaban J connectivity index is 2.38. The van der Waals surface area contributed by atoms with Crippen LogP contribution in [0.3, 0.4) is 0 Å². The normalized spacial score (nSPS) is 27.7. The first-order valence-corrected chi connectivity index (χ1v) is 11.7. The number of ether oxygens (including phenoxy) is 4. The molecule has 5 atom stereocenters. The van der Waals surface area contributed by atoms with E-state index in [4.69, 9.17) is 18.9 Å². The first-order valence-electron chi connectivity index (χ1n) is 11.7. The minimum atomic E-state index is -0.944. The third-order valence-corrected chi connectivity index (χ3v) is 6.48. The summed E-state index contributed by atoms with van der Waals surface area (Å²) < 4.78 is 22.6. The molecule has 0 aromatic carbocycles. The van der Waals surface area contributed by atoms with Crippen LogP contribution in [0.25, 0.3) is 0 Å². The summed E-state index contributed by atoms with van der Waals surface area (Å²) in [6.45, 7) is 13.4. The lowest BCUT2D eigenvalue weighted by atomic mass is 9.83. The van der Waals surface area contributed by atoms with Crippen molar-refractivity contribution in [2.75, 3.05) is 13.7 Å².